The molecule has 76 valence electrons. The molecule has 0 atom stereocenters. The summed E-state index contributed by atoms with van der Waals surface area (Å²) in [5, 5.41) is 0. The lowest BCUT2D eigenvalue weighted by Crippen LogP contribution is -2.48. The van der Waals surface area contributed by atoms with Crippen molar-refractivity contribution in [3.8, 4) is 0 Å². The third-order valence-electron chi connectivity index (χ3n) is 3.25. The highest BCUT2D eigenvalue weighted by molar-refractivity contribution is 4.79. The van der Waals surface area contributed by atoms with Crippen molar-refractivity contribution in [2.45, 2.75) is 18.9 Å². The molecule has 13 heavy (non-hydrogen) atoms. The summed E-state index contributed by atoms with van der Waals surface area (Å²) in [6.45, 7) is 6.70. The van der Waals surface area contributed by atoms with Crippen molar-refractivity contribution in [3.63, 3.8) is 0 Å². The van der Waals surface area contributed by atoms with Crippen LogP contribution in [0.1, 0.15) is 12.8 Å². The first-order chi connectivity index (χ1) is 6.36. The Morgan fingerprint density at radius 3 is 2.23 bits per heavy atom. The first-order valence-electron chi connectivity index (χ1n) is 5.36. The van der Waals surface area contributed by atoms with Crippen molar-refractivity contribution < 1.29 is 4.74 Å². The van der Waals surface area contributed by atoms with Gasteiger partial charge in [-0.25, -0.2) is 0 Å². The predicted octanol–water partition coefficient (Wildman–Crippen LogP) is 0.413. The summed E-state index contributed by atoms with van der Waals surface area (Å²) in [6.07, 6.45) is 2.69. The van der Waals surface area contributed by atoms with Crippen LogP contribution in [0.5, 0.6) is 0 Å². The average Bonchev–Trinajstić information content (AvgIpc) is 2.20. The standard InChI is InChI=1S/C10H20N2O/c1-11-4-2-10(3-5-11)12-6-8-13-9-7-12/h10H,2-9H2,1H3. The number of morpholine rings is 1. The molecule has 0 aromatic carbocycles. The van der Waals surface area contributed by atoms with Gasteiger partial charge in [0.25, 0.3) is 0 Å². The van der Waals surface area contributed by atoms with E-state index in [1.807, 2.05) is 0 Å². The lowest BCUT2D eigenvalue weighted by molar-refractivity contribution is 0.00290. The summed E-state index contributed by atoms with van der Waals surface area (Å²) in [4.78, 5) is 5.04. The van der Waals surface area contributed by atoms with E-state index in [0.29, 0.717) is 0 Å². The van der Waals surface area contributed by atoms with Crippen molar-refractivity contribution in [2.24, 2.45) is 0 Å². The Labute approximate surface area is 80.6 Å². The molecule has 0 amide bonds. The molecular formula is C10H20N2O. The fourth-order valence-electron chi connectivity index (χ4n) is 2.30. The molecular weight excluding hydrogens is 164 g/mol. The molecule has 2 fully saturated rings. The number of likely N-dealkylation sites (tertiary alicyclic amines) is 1. The van der Waals surface area contributed by atoms with Gasteiger partial charge in [-0.2, -0.15) is 0 Å². The molecule has 3 nitrogen and oxygen atoms in total. The lowest BCUT2D eigenvalue weighted by Gasteiger charge is -2.39. The molecule has 0 spiro atoms. The molecule has 2 aliphatic heterocycles. The minimum absolute atomic E-state index is 0.833. The number of hydrogen-bond acceptors (Lipinski definition) is 3. The van der Waals surface area contributed by atoms with Crippen LogP contribution in [0, 0.1) is 0 Å². The maximum Gasteiger partial charge on any atom is 0.0594 e. The molecule has 0 bridgehead atoms. The Balaban J connectivity index is 1.79. The molecule has 0 aromatic heterocycles. The minimum Gasteiger partial charge on any atom is -0.379 e. The van der Waals surface area contributed by atoms with Crippen molar-refractivity contribution in [1.82, 2.24) is 9.80 Å². The summed E-state index contributed by atoms with van der Waals surface area (Å²) in [5.74, 6) is 0. The predicted molar refractivity (Wildman–Crippen MR) is 52.9 cm³/mol. The zero-order valence-corrected chi connectivity index (χ0v) is 8.54. The van der Waals surface area contributed by atoms with Crippen molar-refractivity contribution in [2.75, 3.05) is 46.4 Å². The van der Waals surface area contributed by atoms with Gasteiger partial charge < -0.3 is 9.64 Å². The van der Waals surface area contributed by atoms with Gasteiger partial charge in [-0.05, 0) is 33.0 Å². The summed E-state index contributed by atoms with van der Waals surface area (Å²) in [7, 11) is 2.22. The van der Waals surface area contributed by atoms with E-state index < -0.39 is 0 Å². The molecule has 0 radical (unpaired) electrons. The zero-order chi connectivity index (χ0) is 9.10. The van der Waals surface area contributed by atoms with E-state index in [2.05, 4.69) is 16.8 Å². The second kappa shape index (κ2) is 4.40. The summed E-state index contributed by atoms with van der Waals surface area (Å²) < 4.78 is 5.36. The fourth-order valence-corrected chi connectivity index (χ4v) is 2.30. The molecule has 2 rings (SSSR count). The number of rotatable bonds is 1. The Morgan fingerprint density at radius 1 is 1.00 bits per heavy atom. The fraction of sp³-hybridized carbons (Fsp3) is 1.00. The molecule has 0 N–H and O–H groups in total. The van der Waals surface area contributed by atoms with Crippen molar-refractivity contribution >= 4 is 0 Å². The van der Waals surface area contributed by atoms with Gasteiger partial charge in [-0.3, -0.25) is 4.90 Å². The Bertz CT molecular complexity index is 149. The lowest BCUT2D eigenvalue weighted by atomic mass is 10.0. The van der Waals surface area contributed by atoms with Crippen molar-refractivity contribution in [1.29, 1.82) is 0 Å². The molecule has 0 aliphatic carbocycles. The Morgan fingerprint density at radius 2 is 1.62 bits per heavy atom. The Hall–Kier alpha value is -0.120. The largest absolute Gasteiger partial charge is 0.379 e. The quantitative estimate of drug-likeness (QED) is 0.587. The maximum atomic E-state index is 5.36. The maximum absolute atomic E-state index is 5.36. The van der Waals surface area contributed by atoms with Crippen LogP contribution in [0.15, 0.2) is 0 Å². The number of nitrogens with zero attached hydrogens (tertiary/aromatic N) is 2. The van der Waals surface area contributed by atoms with E-state index in [9.17, 15) is 0 Å². The van der Waals surface area contributed by atoms with Crippen LogP contribution < -0.4 is 0 Å². The van der Waals surface area contributed by atoms with E-state index >= 15 is 0 Å². The molecule has 0 aromatic rings. The molecule has 2 heterocycles. The third kappa shape index (κ3) is 2.42. The van der Waals surface area contributed by atoms with Crippen LogP contribution in [-0.4, -0.2) is 62.3 Å². The SMILES string of the molecule is CN1CCC(N2CCOCC2)CC1. The number of hydrogen-bond donors (Lipinski definition) is 0. The van der Waals surface area contributed by atoms with Gasteiger partial charge in [0.1, 0.15) is 0 Å². The van der Waals surface area contributed by atoms with Crippen LogP contribution in [0.2, 0.25) is 0 Å². The Kier molecular flexibility index (Phi) is 3.19. The van der Waals surface area contributed by atoms with E-state index in [-0.39, 0.29) is 0 Å². The second-order valence-corrected chi connectivity index (χ2v) is 4.18. The van der Waals surface area contributed by atoms with E-state index in [1.165, 1.54) is 25.9 Å². The van der Waals surface area contributed by atoms with Crippen LogP contribution in [0.25, 0.3) is 0 Å². The molecule has 0 unspecified atom stereocenters. The third-order valence-corrected chi connectivity index (χ3v) is 3.25. The molecule has 2 saturated heterocycles. The molecule has 3 heteroatoms. The summed E-state index contributed by atoms with van der Waals surface area (Å²) >= 11 is 0. The van der Waals surface area contributed by atoms with E-state index in [0.717, 1.165) is 32.3 Å². The van der Waals surface area contributed by atoms with Gasteiger partial charge in [-0.1, -0.05) is 0 Å². The smallest absolute Gasteiger partial charge is 0.0594 e. The highest BCUT2D eigenvalue weighted by atomic mass is 16.5. The normalized spacial score (nSPS) is 29.3. The first kappa shape index (κ1) is 9.44. The van der Waals surface area contributed by atoms with Gasteiger partial charge in [0.05, 0.1) is 13.2 Å². The molecule has 0 saturated carbocycles. The average molecular weight is 184 g/mol. The first-order valence-corrected chi connectivity index (χ1v) is 5.36. The minimum atomic E-state index is 0.833. The monoisotopic (exact) mass is 184 g/mol. The topological polar surface area (TPSA) is 15.7 Å². The van der Waals surface area contributed by atoms with E-state index in [1.54, 1.807) is 0 Å². The van der Waals surface area contributed by atoms with Crippen molar-refractivity contribution in [3.05, 3.63) is 0 Å². The highest BCUT2D eigenvalue weighted by Gasteiger charge is 2.23. The number of piperidine rings is 1. The van der Waals surface area contributed by atoms with Gasteiger partial charge in [0.15, 0.2) is 0 Å². The summed E-state index contributed by atoms with van der Waals surface area (Å²) in [6, 6.07) is 0.833. The van der Waals surface area contributed by atoms with Crippen LogP contribution in [0.4, 0.5) is 0 Å². The van der Waals surface area contributed by atoms with Crippen LogP contribution in [-0.2, 0) is 4.74 Å². The van der Waals surface area contributed by atoms with Gasteiger partial charge in [0, 0.05) is 19.1 Å². The zero-order valence-electron chi connectivity index (χ0n) is 8.54. The van der Waals surface area contributed by atoms with Gasteiger partial charge in [-0.15, -0.1) is 0 Å². The van der Waals surface area contributed by atoms with Crippen LogP contribution in [0.3, 0.4) is 0 Å². The highest BCUT2D eigenvalue weighted by Crippen LogP contribution is 2.16. The number of ether oxygens (including phenoxy) is 1. The summed E-state index contributed by atoms with van der Waals surface area (Å²) in [5.41, 5.74) is 0. The van der Waals surface area contributed by atoms with Gasteiger partial charge in [0.2, 0.25) is 0 Å². The second-order valence-electron chi connectivity index (χ2n) is 4.18. The molecule has 2 aliphatic rings. The van der Waals surface area contributed by atoms with Crippen LogP contribution >= 0.6 is 0 Å². The van der Waals surface area contributed by atoms with E-state index in [4.69, 9.17) is 4.74 Å². The van der Waals surface area contributed by atoms with Gasteiger partial charge >= 0.3 is 0 Å².